The number of hydrogen-bond donors (Lipinski definition) is 1. The molecule has 18 heavy (non-hydrogen) atoms. The third kappa shape index (κ3) is 3.99. The van der Waals surface area contributed by atoms with Gasteiger partial charge in [-0.15, -0.1) is 0 Å². The van der Waals surface area contributed by atoms with Crippen LogP contribution in [0.15, 0.2) is 22.7 Å². The van der Waals surface area contributed by atoms with Crippen LogP contribution in [0.2, 0.25) is 0 Å². The van der Waals surface area contributed by atoms with Crippen molar-refractivity contribution in [2.24, 2.45) is 5.73 Å². The Morgan fingerprint density at radius 2 is 2.06 bits per heavy atom. The molecule has 0 aliphatic rings. The van der Waals surface area contributed by atoms with Crippen molar-refractivity contribution in [1.29, 1.82) is 0 Å². The molecular formula is C15H25BrN2. The first-order valence-electron chi connectivity index (χ1n) is 6.89. The van der Waals surface area contributed by atoms with Gasteiger partial charge in [-0.05, 0) is 37.5 Å². The first-order chi connectivity index (χ1) is 8.63. The first kappa shape index (κ1) is 15.5. The molecule has 1 rings (SSSR count). The van der Waals surface area contributed by atoms with Crippen molar-refractivity contribution in [1.82, 2.24) is 0 Å². The summed E-state index contributed by atoms with van der Waals surface area (Å²) in [5.74, 6) is 0. The summed E-state index contributed by atoms with van der Waals surface area (Å²) in [6, 6.07) is 7.09. The minimum atomic E-state index is 0.576. The molecule has 0 heterocycles. The van der Waals surface area contributed by atoms with Gasteiger partial charge in [-0.25, -0.2) is 0 Å². The average Bonchev–Trinajstić information content (AvgIpc) is 2.39. The number of hydrogen-bond acceptors (Lipinski definition) is 2. The molecule has 1 aromatic carbocycles. The number of nitrogens with zero attached hydrogens (tertiary/aromatic N) is 1. The molecule has 0 bridgehead atoms. The summed E-state index contributed by atoms with van der Waals surface area (Å²) in [4.78, 5) is 2.49. The third-order valence-electron chi connectivity index (χ3n) is 3.46. The Kier molecular flexibility index (Phi) is 6.72. The van der Waals surface area contributed by atoms with Gasteiger partial charge >= 0.3 is 0 Å². The molecule has 0 fully saturated rings. The lowest BCUT2D eigenvalue weighted by molar-refractivity contribution is 0.595. The molecule has 0 aromatic heterocycles. The molecule has 0 aliphatic heterocycles. The summed E-state index contributed by atoms with van der Waals surface area (Å²) in [5, 5.41) is 0. The zero-order chi connectivity index (χ0) is 13.5. The second-order valence-corrected chi connectivity index (χ2v) is 5.64. The van der Waals surface area contributed by atoms with Crippen LogP contribution in [0.5, 0.6) is 0 Å². The Morgan fingerprint density at radius 3 is 2.56 bits per heavy atom. The standard InChI is InChI=1S/C15H25BrN2/c1-4-6-9-18(12(3)5-2)14-8-7-13(11-17)15(16)10-14/h7-8,10,12H,4-6,9,11,17H2,1-3H3. The Balaban J connectivity index is 2.93. The van der Waals surface area contributed by atoms with Gasteiger partial charge in [0.25, 0.3) is 0 Å². The fourth-order valence-electron chi connectivity index (χ4n) is 2.03. The molecule has 0 radical (unpaired) electrons. The zero-order valence-corrected chi connectivity index (χ0v) is 13.3. The highest BCUT2D eigenvalue weighted by Gasteiger charge is 2.13. The summed E-state index contributed by atoms with van der Waals surface area (Å²) in [6.07, 6.45) is 3.63. The summed E-state index contributed by atoms with van der Waals surface area (Å²) in [6.45, 7) is 8.48. The molecule has 2 N–H and O–H groups in total. The second-order valence-electron chi connectivity index (χ2n) is 4.78. The molecule has 1 atom stereocenters. The molecular weight excluding hydrogens is 288 g/mol. The molecule has 2 nitrogen and oxygen atoms in total. The Labute approximate surface area is 120 Å². The van der Waals surface area contributed by atoms with Gasteiger partial charge in [-0.3, -0.25) is 0 Å². The highest BCUT2D eigenvalue weighted by molar-refractivity contribution is 9.10. The molecule has 0 saturated carbocycles. The topological polar surface area (TPSA) is 29.3 Å². The maximum Gasteiger partial charge on any atom is 0.0380 e. The van der Waals surface area contributed by atoms with E-state index in [-0.39, 0.29) is 0 Å². The van der Waals surface area contributed by atoms with Crippen molar-refractivity contribution >= 4 is 21.6 Å². The van der Waals surface area contributed by atoms with E-state index in [1.165, 1.54) is 30.5 Å². The van der Waals surface area contributed by atoms with Gasteiger partial charge in [0.05, 0.1) is 0 Å². The van der Waals surface area contributed by atoms with Crippen molar-refractivity contribution in [3.05, 3.63) is 28.2 Å². The van der Waals surface area contributed by atoms with Crippen molar-refractivity contribution in [2.45, 2.75) is 52.6 Å². The highest BCUT2D eigenvalue weighted by Crippen LogP contribution is 2.26. The van der Waals surface area contributed by atoms with E-state index in [0.29, 0.717) is 12.6 Å². The molecule has 1 unspecified atom stereocenters. The Morgan fingerprint density at radius 1 is 1.33 bits per heavy atom. The van der Waals surface area contributed by atoms with E-state index < -0.39 is 0 Å². The molecule has 1 aromatic rings. The van der Waals surface area contributed by atoms with E-state index in [1.54, 1.807) is 0 Å². The Hall–Kier alpha value is -0.540. The fourth-order valence-corrected chi connectivity index (χ4v) is 2.56. The van der Waals surface area contributed by atoms with Crippen molar-refractivity contribution in [2.75, 3.05) is 11.4 Å². The van der Waals surface area contributed by atoms with Crippen LogP contribution >= 0.6 is 15.9 Å². The van der Waals surface area contributed by atoms with Crippen LogP contribution in [0.3, 0.4) is 0 Å². The number of halogens is 1. The minimum absolute atomic E-state index is 0.576. The van der Waals surface area contributed by atoms with Crippen LogP contribution in [0.1, 0.15) is 45.6 Å². The molecule has 102 valence electrons. The van der Waals surface area contributed by atoms with Gasteiger partial charge in [-0.1, -0.05) is 42.3 Å². The summed E-state index contributed by atoms with van der Waals surface area (Å²) in [5.41, 5.74) is 8.16. The van der Waals surface area contributed by atoms with Crippen LogP contribution in [-0.2, 0) is 6.54 Å². The lowest BCUT2D eigenvalue weighted by Gasteiger charge is -2.31. The van der Waals surface area contributed by atoms with Crippen LogP contribution in [0.25, 0.3) is 0 Å². The van der Waals surface area contributed by atoms with Crippen LogP contribution in [-0.4, -0.2) is 12.6 Å². The summed E-state index contributed by atoms with van der Waals surface area (Å²) in [7, 11) is 0. The third-order valence-corrected chi connectivity index (χ3v) is 4.20. The van der Waals surface area contributed by atoms with Gasteiger partial charge < -0.3 is 10.6 Å². The van der Waals surface area contributed by atoms with E-state index in [9.17, 15) is 0 Å². The largest absolute Gasteiger partial charge is 0.369 e. The number of rotatable bonds is 7. The quantitative estimate of drug-likeness (QED) is 0.812. The van der Waals surface area contributed by atoms with E-state index in [2.05, 4.69) is 59.8 Å². The maximum atomic E-state index is 5.70. The van der Waals surface area contributed by atoms with Crippen LogP contribution < -0.4 is 10.6 Å². The van der Waals surface area contributed by atoms with Gasteiger partial charge in [0, 0.05) is 29.3 Å². The Bertz CT molecular complexity index is 366. The average molecular weight is 313 g/mol. The fraction of sp³-hybridized carbons (Fsp3) is 0.600. The SMILES string of the molecule is CCCCN(c1ccc(CN)c(Br)c1)C(C)CC. The van der Waals surface area contributed by atoms with E-state index >= 15 is 0 Å². The van der Waals surface area contributed by atoms with Gasteiger partial charge in [0.2, 0.25) is 0 Å². The van der Waals surface area contributed by atoms with Crippen molar-refractivity contribution < 1.29 is 0 Å². The normalized spacial score (nSPS) is 12.5. The van der Waals surface area contributed by atoms with E-state index in [4.69, 9.17) is 5.73 Å². The number of nitrogens with two attached hydrogens (primary N) is 1. The molecule has 0 spiro atoms. The lowest BCUT2D eigenvalue weighted by Crippen LogP contribution is -2.33. The van der Waals surface area contributed by atoms with Crippen LogP contribution in [0, 0.1) is 0 Å². The predicted molar refractivity (Wildman–Crippen MR) is 84.0 cm³/mol. The lowest BCUT2D eigenvalue weighted by atomic mass is 10.1. The van der Waals surface area contributed by atoms with Gasteiger partial charge in [0.15, 0.2) is 0 Å². The second kappa shape index (κ2) is 7.80. The van der Waals surface area contributed by atoms with Crippen LogP contribution in [0.4, 0.5) is 5.69 Å². The highest BCUT2D eigenvalue weighted by atomic mass is 79.9. The summed E-state index contributed by atoms with van der Waals surface area (Å²) >= 11 is 3.61. The summed E-state index contributed by atoms with van der Waals surface area (Å²) < 4.78 is 1.12. The van der Waals surface area contributed by atoms with Gasteiger partial charge in [0.1, 0.15) is 0 Å². The van der Waals surface area contributed by atoms with Crippen molar-refractivity contribution in [3.8, 4) is 0 Å². The first-order valence-corrected chi connectivity index (χ1v) is 7.68. The molecule has 0 saturated heterocycles. The smallest absolute Gasteiger partial charge is 0.0380 e. The minimum Gasteiger partial charge on any atom is -0.369 e. The molecule has 0 amide bonds. The van der Waals surface area contributed by atoms with Crippen molar-refractivity contribution in [3.63, 3.8) is 0 Å². The maximum absolute atomic E-state index is 5.70. The van der Waals surface area contributed by atoms with Gasteiger partial charge in [-0.2, -0.15) is 0 Å². The number of anilines is 1. The number of benzene rings is 1. The monoisotopic (exact) mass is 312 g/mol. The van der Waals surface area contributed by atoms with E-state index in [1.807, 2.05) is 0 Å². The molecule has 3 heteroatoms. The molecule has 0 aliphatic carbocycles. The van der Waals surface area contributed by atoms with E-state index in [0.717, 1.165) is 11.0 Å². The number of unbranched alkanes of at least 4 members (excludes halogenated alkanes) is 1. The zero-order valence-electron chi connectivity index (χ0n) is 11.7. The predicted octanol–water partition coefficient (Wildman–Crippen LogP) is 4.31.